The van der Waals surface area contributed by atoms with Gasteiger partial charge in [0.05, 0.1) is 5.56 Å². The van der Waals surface area contributed by atoms with E-state index in [1.807, 2.05) is 54.6 Å². The van der Waals surface area contributed by atoms with Gasteiger partial charge in [0.15, 0.2) is 0 Å². The summed E-state index contributed by atoms with van der Waals surface area (Å²) in [6.07, 6.45) is 1.22. The van der Waals surface area contributed by atoms with Crippen molar-refractivity contribution in [2.45, 2.75) is 32.9 Å². The lowest BCUT2D eigenvalue weighted by atomic mass is 10.0. The van der Waals surface area contributed by atoms with E-state index in [0.29, 0.717) is 17.1 Å². The van der Waals surface area contributed by atoms with Gasteiger partial charge in [0.1, 0.15) is 24.2 Å². The lowest BCUT2D eigenvalue weighted by molar-refractivity contribution is -0.123. The molecular formula is C26H26N4O5. The van der Waals surface area contributed by atoms with Crippen LogP contribution in [0.2, 0.25) is 0 Å². The molecule has 4 N–H and O–H groups in total. The Hall–Kier alpha value is -4.53. The molecule has 0 fully saturated rings. The van der Waals surface area contributed by atoms with Crippen LogP contribution in [0.15, 0.2) is 71.3 Å². The molecular weight excluding hydrogens is 448 g/mol. The Morgan fingerprint density at radius 2 is 1.74 bits per heavy atom. The van der Waals surface area contributed by atoms with Gasteiger partial charge in [0, 0.05) is 23.5 Å². The van der Waals surface area contributed by atoms with Crippen LogP contribution in [0.5, 0.6) is 0 Å². The summed E-state index contributed by atoms with van der Waals surface area (Å²) < 4.78 is 10.7. The second kappa shape index (κ2) is 10.6. The Morgan fingerprint density at radius 1 is 1.00 bits per heavy atom. The number of aryl methyl sites for hydroxylation is 2. The number of H-pyrrole nitrogens is 1. The number of benzene rings is 2. The smallest absolute Gasteiger partial charge is 0.408 e. The third-order valence-electron chi connectivity index (χ3n) is 5.51. The molecule has 0 saturated heterocycles. The van der Waals surface area contributed by atoms with Crippen LogP contribution in [0.1, 0.15) is 33.0 Å². The number of rotatable bonds is 7. The number of fused-ring (bicyclic) bond motifs is 1. The molecule has 2 heterocycles. The highest BCUT2D eigenvalue weighted by molar-refractivity contribution is 5.97. The second-order valence-corrected chi connectivity index (χ2v) is 8.09. The third-order valence-corrected chi connectivity index (χ3v) is 5.51. The van der Waals surface area contributed by atoms with Gasteiger partial charge in [-0.1, -0.05) is 48.5 Å². The van der Waals surface area contributed by atoms with Crippen molar-refractivity contribution >= 4 is 28.8 Å². The zero-order valence-corrected chi connectivity index (χ0v) is 19.4. The first kappa shape index (κ1) is 23.6. The standard InChI is InChI=1S/C26H26N4O5/c1-16-12-21(17(2)35-16)24(31)29-30-25(32)23(13-19-14-27-22-11-7-6-10-20(19)22)28-26(33)34-15-18-8-4-3-5-9-18/h3-12,14,23,27H,13,15H2,1-2H3,(H,28,33)(H,29,31)(H,30,32)/t23-/m0/s1. The van der Waals surface area contributed by atoms with Gasteiger partial charge in [-0.15, -0.1) is 0 Å². The number of aromatic nitrogens is 1. The average Bonchev–Trinajstić information content (AvgIpc) is 3.43. The number of ether oxygens (including phenoxy) is 1. The molecule has 4 aromatic rings. The molecule has 1 atom stereocenters. The number of alkyl carbamates (subject to hydrolysis) is 1. The number of nitrogens with one attached hydrogen (secondary N) is 4. The fourth-order valence-corrected chi connectivity index (χ4v) is 3.77. The Bertz CT molecular complexity index is 1340. The van der Waals surface area contributed by atoms with E-state index in [0.717, 1.165) is 22.0 Å². The van der Waals surface area contributed by atoms with Crippen molar-refractivity contribution in [2.75, 3.05) is 0 Å². The lowest BCUT2D eigenvalue weighted by Crippen LogP contribution is -2.53. The topological polar surface area (TPSA) is 125 Å². The molecule has 0 aliphatic heterocycles. The summed E-state index contributed by atoms with van der Waals surface area (Å²) in [7, 11) is 0. The van der Waals surface area contributed by atoms with Crippen molar-refractivity contribution < 1.29 is 23.5 Å². The highest BCUT2D eigenvalue weighted by Crippen LogP contribution is 2.19. The highest BCUT2D eigenvalue weighted by atomic mass is 16.5. The summed E-state index contributed by atoms with van der Waals surface area (Å²) in [5.74, 6) is -0.102. The van der Waals surface area contributed by atoms with Gasteiger partial charge >= 0.3 is 6.09 Å². The first-order valence-electron chi connectivity index (χ1n) is 11.1. The van der Waals surface area contributed by atoms with Crippen LogP contribution in [0.3, 0.4) is 0 Å². The number of furan rings is 1. The third kappa shape index (κ3) is 5.89. The van der Waals surface area contributed by atoms with E-state index in [4.69, 9.17) is 9.15 Å². The van der Waals surface area contributed by atoms with E-state index in [-0.39, 0.29) is 13.0 Å². The molecule has 0 bridgehead atoms. The van der Waals surface area contributed by atoms with Gasteiger partial charge in [-0.05, 0) is 37.1 Å². The van der Waals surface area contributed by atoms with Gasteiger partial charge in [-0.3, -0.25) is 20.4 Å². The number of carbonyl (C=O) groups is 3. The van der Waals surface area contributed by atoms with Crippen LogP contribution in [-0.2, 0) is 22.6 Å². The minimum absolute atomic E-state index is 0.0595. The predicted octanol–water partition coefficient (Wildman–Crippen LogP) is 3.68. The first-order valence-corrected chi connectivity index (χ1v) is 11.1. The van der Waals surface area contributed by atoms with E-state index in [9.17, 15) is 14.4 Å². The Balaban J connectivity index is 1.45. The molecule has 0 unspecified atom stereocenters. The second-order valence-electron chi connectivity index (χ2n) is 8.09. The first-order chi connectivity index (χ1) is 16.9. The largest absolute Gasteiger partial charge is 0.466 e. The fourth-order valence-electron chi connectivity index (χ4n) is 3.77. The summed E-state index contributed by atoms with van der Waals surface area (Å²) in [5.41, 5.74) is 7.65. The van der Waals surface area contributed by atoms with Crippen LogP contribution >= 0.6 is 0 Å². The fraction of sp³-hybridized carbons (Fsp3) is 0.192. The maximum absolute atomic E-state index is 13.0. The molecule has 4 rings (SSSR count). The zero-order chi connectivity index (χ0) is 24.8. The maximum Gasteiger partial charge on any atom is 0.408 e. The predicted molar refractivity (Wildman–Crippen MR) is 129 cm³/mol. The van der Waals surface area contributed by atoms with Gasteiger partial charge in [-0.25, -0.2) is 4.79 Å². The van der Waals surface area contributed by atoms with E-state index in [1.54, 1.807) is 26.1 Å². The molecule has 180 valence electrons. The number of carbonyl (C=O) groups excluding carboxylic acids is 3. The number of hydrazine groups is 1. The van der Waals surface area contributed by atoms with Crippen molar-refractivity contribution in [1.82, 2.24) is 21.2 Å². The molecule has 2 aromatic carbocycles. The molecule has 9 nitrogen and oxygen atoms in total. The average molecular weight is 475 g/mol. The van der Waals surface area contributed by atoms with Gasteiger partial charge in [0.2, 0.25) is 0 Å². The molecule has 3 amide bonds. The maximum atomic E-state index is 13.0. The Labute approximate surface area is 201 Å². The molecule has 0 radical (unpaired) electrons. The number of aromatic amines is 1. The molecule has 0 aliphatic carbocycles. The number of hydrogen-bond donors (Lipinski definition) is 4. The minimum Gasteiger partial charge on any atom is -0.466 e. The van der Waals surface area contributed by atoms with E-state index in [1.165, 1.54) is 0 Å². The van der Waals surface area contributed by atoms with Crippen molar-refractivity contribution in [3.05, 3.63) is 95.1 Å². The highest BCUT2D eigenvalue weighted by Gasteiger charge is 2.24. The normalized spacial score (nSPS) is 11.6. The zero-order valence-electron chi connectivity index (χ0n) is 19.4. The quantitative estimate of drug-likeness (QED) is 0.304. The summed E-state index contributed by atoms with van der Waals surface area (Å²) in [6.45, 7) is 3.45. The lowest BCUT2D eigenvalue weighted by Gasteiger charge is -2.18. The van der Waals surface area contributed by atoms with Crippen LogP contribution in [0.4, 0.5) is 4.79 Å². The van der Waals surface area contributed by atoms with E-state index < -0.39 is 23.9 Å². The number of para-hydroxylation sites is 1. The number of hydrogen-bond acceptors (Lipinski definition) is 5. The summed E-state index contributed by atoms with van der Waals surface area (Å²) in [5, 5.41) is 3.54. The van der Waals surface area contributed by atoms with Crippen molar-refractivity contribution in [1.29, 1.82) is 0 Å². The van der Waals surface area contributed by atoms with E-state index >= 15 is 0 Å². The van der Waals surface area contributed by atoms with Gasteiger partial charge in [0.25, 0.3) is 11.8 Å². The van der Waals surface area contributed by atoms with Crippen LogP contribution in [-0.4, -0.2) is 28.9 Å². The molecule has 35 heavy (non-hydrogen) atoms. The monoisotopic (exact) mass is 474 g/mol. The van der Waals surface area contributed by atoms with Crippen molar-refractivity contribution in [2.24, 2.45) is 0 Å². The molecule has 0 spiro atoms. The van der Waals surface area contributed by atoms with Crippen LogP contribution in [0, 0.1) is 13.8 Å². The Kier molecular flexibility index (Phi) is 7.15. The van der Waals surface area contributed by atoms with Crippen molar-refractivity contribution in [3.63, 3.8) is 0 Å². The molecule has 9 heteroatoms. The van der Waals surface area contributed by atoms with Crippen LogP contribution < -0.4 is 16.2 Å². The summed E-state index contributed by atoms with van der Waals surface area (Å²) in [4.78, 5) is 41.2. The van der Waals surface area contributed by atoms with Crippen molar-refractivity contribution in [3.8, 4) is 0 Å². The SMILES string of the molecule is Cc1cc(C(=O)NNC(=O)[C@H](Cc2c[nH]c3ccccc23)NC(=O)OCc2ccccc2)c(C)o1. The van der Waals surface area contributed by atoms with Crippen LogP contribution in [0.25, 0.3) is 10.9 Å². The molecule has 0 aliphatic rings. The Morgan fingerprint density at radius 3 is 2.49 bits per heavy atom. The number of amides is 3. The minimum atomic E-state index is -1.01. The van der Waals surface area contributed by atoms with Gasteiger partial charge in [-0.2, -0.15) is 0 Å². The van der Waals surface area contributed by atoms with E-state index in [2.05, 4.69) is 21.2 Å². The van der Waals surface area contributed by atoms with Gasteiger partial charge < -0.3 is 19.5 Å². The summed E-state index contributed by atoms with van der Waals surface area (Å²) >= 11 is 0. The summed E-state index contributed by atoms with van der Waals surface area (Å²) in [6, 6.07) is 17.4. The molecule has 2 aromatic heterocycles. The molecule has 0 saturated carbocycles.